The first-order valence-corrected chi connectivity index (χ1v) is 6.45. The molecule has 0 unspecified atom stereocenters. The molecule has 2 aromatic carbocycles. The standard InChI is InChI=1S/C18H15F/c1-13-11-16-4-2-3-15(18(16)12-13)8-5-14-6-9-17(19)10-7-14/h2-10,12H,11H2,1H3/b8-5+. The molecule has 2 aromatic rings. The number of hydrogen-bond acceptors (Lipinski definition) is 0. The third kappa shape index (κ3) is 2.50. The van der Waals surface area contributed by atoms with Gasteiger partial charge in [0.05, 0.1) is 0 Å². The van der Waals surface area contributed by atoms with Crippen LogP contribution in [0.3, 0.4) is 0 Å². The summed E-state index contributed by atoms with van der Waals surface area (Å²) in [7, 11) is 0. The monoisotopic (exact) mass is 250 g/mol. The van der Waals surface area contributed by atoms with Crippen LogP contribution in [0.4, 0.5) is 4.39 Å². The van der Waals surface area contributed by atoms with Crippen molar-refractivity contribution in [2.24, 2.45) is 0 Å². The Morgan fingerprint density at radius 3 is 2.58 bits per heavy atom. The van der Waals surface area contributed by atoms with Gasteiger partial charge in [0.1, 0.15) is 5.82 Å². The van der Waals surface area contributed by atoms with Crippen molar-refractivity contribution in [1.29, 1.82) is 0 Å². The summed E-state index contributed by atoms with van der Waals surface area (Å²) in [5.41, 5.74) is 6.34. The summed E-state index contributed by atoms with van der Waals surface area (Å²) in [6, 6.07) is 12.9. The third-order valence-electron chi connectivity index (χ3n) is 3.42. The van der Waals surface area contributed by atoms with Crippen molar-refractivity contribution in [3.63, 3.8) is 0 Å². The van der Waals surface area contributed by atoms with E-state index in [0.717, 1.165) is 12.0 Å². The normalized spacial score (nSPS) is 13.7. The van der Waals surface area contributed by atoms with Crippen LogP contribution in [0.1, 0.15) is 29.2 Å². The topological polar surface area (TPSA) is 0 Å². The molecule has 0 fully saturated rings. The van der Waals surface area contributed by atoms with Gasteiger partial charge in [0.2, 0.25) is 0 Å². The number of benzene rings is 2. The lowest BCUT2D eigenvalue weighted by Gasteiger charge is -2.02. The molecule has 1 aliphatic rings. The maximum Gasteiger partial charge on any atom is 0.123 e. The molecule has 94 valence electrons. The van der Waals surface area contributed by atoms with Crippen molar-refractivity contribution in [2.45, 2.75) is 13.3 Å². The van der Waals surface area contributed by atoms with E-state index in [2.05, 4.69) is 37.3 Å². The Hall–Kier alpha value is -2.15. The summed E-state index contributed by atoms with van der Waals surface area (Å²) >= 11 is 0. The van der Waals surface area contributed by atoms with E-state index in [9.17, 15) is 4.39 Å². The predicted molar refractivity (Wildman–Crippen MR) is 79.1 cm³/mol. The lowest BCUT2D eigenvalue weighted by molar-refractivity contribution is 0.628. The summed E-state index contributed by atoms with van der Waals surface area (Å²) in [4.78, 5) is 0. The molecule has 0 aromatic heterocycles. The minimum Gasteiger partial charge on any atom is -0.207 e. The summed E-state index contributed by atoms with van der Waals surface area (Å²) in [6.07, 6.45) is 7.42. The highest BCUT2D eigenvalue weighted by atomic mass is 19.1. The zero-order valence-corrected chi connectivity index (χ0v) is 10.9. The minimum atomic E-state index is -0.198. The van der Waals surface area contributed by atoms with Crippen molar-refractivity contribution in [2.75, 3.05) is 0 Å². The zero-order chi connectivity index (χ0) is 13.2. The predicted octanol–water partition coefficient (Wildman–Crippen LogP) is 4.96. The van der Waals surface area contributed by atoms with E-state index in [0.29, 0.717) is 0 Å². The maximum absolute atomic E-state index is 12.8. The van der Waals surface area contributed by atoms with Gasteiger partial charge in [-0.25, -0.2) is 4.39 Å². The Kier molecular flexibility index (Phi) is 3.04. The van der Waals surface area contributed by atoms with Crippen LogP contribution in [0.25, 0.3) is 18.2 Å². The lowest BCUT2D eigenvalue weighted by atomic mass is 10.0. The van der Waals surface area contributed by atoms with Crippen LogP contribution < -0.4 is 0 Å². The molecule has 0 N–H and O–H groups in total. The van der Waals surface area contributed by atoms with Crippen molar-refractivity contribution in [1.82, 2.24) is 0 Å². The fourth-order valence-electron chi connectivity index (χ4n) is 2.47. The first kappa shape index (κ1) is 11.9. The average Bonchev–Trinajstić information content (AvgIpc) is 2.79. The molecule has 0 bridgehead atoms. The molecular formula is C18H15F. The molecule has 1 aliphatic carbocycles. The molecule has 0 nitrogen and oxygen atoms in total. The van der Waals surface area contributed by atoms with Gasteiger partial charge in [0.25, 0.3) is 0 Å². The van der Waals surface area contributed by atoms with Crippen LogP contribution in [-0.4, -0.2) is 0 Å². The van der Waals surface area contributed by atoms with Gasteiger partial charge in [-0.15, -0.1) is 0 Å². The van der Waals surface area contributed by atoms with Gasteiger partial charge in [0.15, 0.2) is 0 Å². The first-order valence-electron chi connectivity index (χ1n) is 6.45. The molecule has 0 aliphatic heterocycles. The molecule has 19 heavy (non-hydrogen) atoms. The summed E-state index contributed by atoms with van der Waals surface area (Å²) in [5.74, 6) is -0.198. The third-order valence-corrected chi connectivity index (χ3v) is 3.42. The van der Waals surface area contributed by atoms with E-state index in [1.807, 2.05) is 6.08 Å². The second kappa shape index (κ2) is 4.85. The molecule has 0 spiro atoms. The van der Waals surface area contributed by atoms with Crippen LogP contribution in [0, 0.1) is 5.82 Å². The van der Waals surface area contributed by atoms with E-state index < -0.39 is 0 Å². The Balaban J connectivity index is 1.92. The number of halogens is 1. The highest BCUT2D eigenvalue weighted by Gasteiger charge is 2.11. The fourth-order valence-corrected chi connectivity index (χ4v) is 2.47. The number of rotatable bonds is 2. The van der Waals surface area contributed by atoms with Gasteiger partial charge >= 0.3 is 0 Å². The van der Waals surface area contributed by atoms with E-state index in [-0.39, 0.29) is 5.82 Å². The molecule has 0 saturated heterocycles. The molecule has 0 atom stereocenters. The van der Waals surface area contributed by atoms with Crippen LogP contribution in [0.2, 0.25) is 0 Å². The highest BCUT2D eigenvalue weighted by molar-refractivity contribution is 5.78. The van der Waals surface area contributed by atoms with E-state index in [1.165, 1.54) is 34.4 Å². The van der Waals surface area contributed by atoms with Crippen LogP contribution in [-0.2, 0) is 6.42 Å². The van der Waals surface area contributed by atoms with Gasteiger partial charge in [-0.2, -0.15) is 0 Å². The second-order valence-electron chi connectivity index (χ2n) is 4.97. The van der Waals surface area contributed by atoms with Gasteiger partial charge in [-0.05, 0) is 47.7 Å². The maximum atomic E-state index is 12.8. The smallest absolute Gasteiger partial charge is 0.123 e. The minimum absolute atomic E-state index is 0.198. The van der Waals surface area contributed by atoms with E-state index >= 15 is 0 Å². The largest absolute Gasteiger partial charge is 0.207 e. The Morgan fingerprint density at radius 2 is 1.79 bits per heavy atom. The molecule has 1 heteroatoms. The summed E-state index contributed by atoms with van der Waals surface area (Å²) < 4.78 is 12.8. The van der Waals surface area contributed by atoms with Crippen molar-refractivity contribution >= 4 is 18.2 Å². The quantitative estimate of drug-likeness (QED) is 0.661. The molecule has 0 heterocycles. The Labute approximate surface area is 112 Å². The van der Waals surface area contributed by atoms with E-state index in [4.69, 9.17) is 0 Å². The van der Waals surface area contributed by atoms with Crippen molar-refractivity contribution in [3.8, 4) is 0 Å². The molecule has 0 amide bonds. The fraction of sp³-hybridized carbons (Fsp3) is 0.111. The first-order chi connectivity index (χ1) is 9.22. The van der Waals surface area contributed by atoms with Crippen LogP contribution >= 0.6 is 0 Å². The van der Waals surface area contributed by atoms with Crippen LogP contribution in [0.15, 0.2) is 48.0 Å². The van der Waals surface area contributed by atoms with Gasteiger partial charge in [0, 0.05) is 0 Å². The molecule has 0 saturated carbocycles. The Bertz CT molecular complexity index is 661. The second-order valence-corrected chi connectivity index (χ2v) is 4.97. The SMILES string of the molecule is CC1=Cc2c(/C=C/c3ccc(F)cc3)cccc2C1. The van der Waals surface area contributed by atoms with E-state index in [1.54, 1.807) is 12.1 Å². The van der Waals surface area contributed by atoms with Crippen molar-refractivity contribution < 1.29 is 4.39 Å². The van der Waals surface area contributed by atoms with Gasteiger partial charge < -0.3 is 0 Å². The lowest BCUT2D eigenvalue weighted by Crippen LogP contribution is -1.85. The molecule has 3 rings (SSSR count). The highest BCUT2D eigenvalue weighted by Crippen LogP contribution is 2.28. The molecular weight excluding hydrogens is 235 g/mol. The number of fused-ring (bicyclic) bond motifs is 1. The van der Waals surface area contributed by atoms with Crippen LogP contribution in [0.5, 0.6) is 0 Å². The Morgan fingerprint density at radius 1 is 1.00 bits per heavy atom. The summed E-state index contributed by atoms with van der Waals surface area (Å²) in [6.45, 7) is 2.16. The van der Waals surface area contributed by atoms with Gasteiger partial charge in [-0.3, -0.25) is 0 Å². The zero-order valence-electron chi connectivity index (χ0n) is 10.9. The number of allylic oxidation sites excluding steroid dienone is 1. The number of hydrogen-bond donors (Lipinski definition) is 0. The van der Waals surface area contributed by atoms with Gasteiger partial charge in [-0.1, -0.05) is 54.1 Å². The van der Waals surface area contributed by atoms with Crippen molar-refractivity contribution in [3.05, 3.63) is 76.1 Å². The summed E-state index contributed by atoms with van der Waals surface area (Å²) in [5, 5.41) is 0. The molecule has 0 radical (unpaired) electrons. The average molecular weight is 250 g/mol.